The Morgan fingerprint density at radius 1 is 1.06 bits per heavy atom. The smallest absolute Gasteiger partial charge is 0.257 e. The number of hydrogen-bond acceptors (Lipinski definition) is 7. The zero-order chi connectivity index (χ0) is 24.9. The van der Waals surface area contributed by atoms with E-state index in [1.807, 2.05) is 46.9 Å². The number of carbonyl (C=O) groups excluding carboxylic acids is 2. The van der Waals surface area contributed by atoms with Gasteiger partial charge in [-0.2, -0.15) is 0 Å². The fourth-order valence-corrected chi connectivity index (χ4v) is 2.82. The van der Waals surface area contributed by atoms with Gasteiger partial charge in [0.25, 0.3) is 5.91 Å². The zero-order valence-corrected chi connectivity index (χ0v) is 20.9. The highest BCUT2D eigenvalue weighted by Crippen LogP contribution is 2.16. The van der Waals surface area contributed by atoms with Gasteiger partial charge in [-0.15, -0.1) is 5.10 Å². The molecule has 0 aliphatic carbocycles. The maximum absolute atomic E-state index is 11.5. The summed E-state index contributed by atoms with van der Waals surface area (Å²) >= 11 is 0. The van der Waals surface area contributed by atoms with Crippen LogP contribution in [0.15, 0.2) is 30.2 Å². The lowest BCUT2D eigenvalue weighted by Gasteiger charge is -2.23. The highest BCUT2D eigenvalue weighted by Gasteiger charge is 2.22. The van der Waals surface area contributed by atoms with Gasteiger partial charge in [0.1, 0.15) is 0 Å². The minimum absolute atomic E-state index is 0.0206. The van der Waals surface area contributed by atoms with Gasteiger partial charge in [-0.3, -0.25) is 9.59 Å². The van der Waals surface area contributed by atoms with E-state index in [2.05, 4.69) is 20.9 Å². The molecule has 1 heterocycles. The highest BCUT2D eigenvalue weighted by molar-refractivity contribution is 5.77. The van der Waals surface area contributed by atoms with Crippen molar-refractivity contribution in [3.63, 3.8) is 0 Å². The molecule has 0 radical (unpaired) electrons. The van der Waals surface area contributed by atoms with Crippen LogP contribution in [0.3, 0.4) is 0 Å². The topological polar surface area (TPSA) is 117 Å². The summed E-state index contributed by atoms with van der Waals surface area (Å²) < 4.78 is 18.6. The minimum atomic E-state index is -0.533. The quantitative estimate of drug-likeness (QED) is 0.299. The van der Waals surface area contributed by atoms with Crippen LogP contribution in [0.5, 0.6) is 0 Å². The lowest BCUT2D eigenvalue weighted by atomic mass is 10.0. The van der Waals surface area contributed by atoms with Gasteiger partial charge < -0.3 is 24.8 Å². The van der Waals surface area contributed by atoms with Crippen LogP contribution >= 0.6 is 0 Å². The van der Waals surface area contributed by atoms with E-state index in [1.54, 1.807) is 24.9 Å². The van der Waals surface area contributed by atoms with Crippen LogP contribution in [0.1, 0.15) is 46.7 Å². The Balaban J connectivity index is 2.44. The third-order valence-electron chi connectivity index (χ3n) is 4.63. The standard InChI is InChI=1S/C23H39N5O5/c1-18(9-12-33-23(4,5)14-20(29)24-6)15-28-16-19(26-27-28)13-22(2,3)32-11-8-10-31-17-21(30)25-7/h8-10,16H,11-15,17H2,1-7H3,(H,24,29)(H,25,30)/b10-8?,18-9+. The third kappa shape index (κ3) is 12.8. The second-order valence-electron chi connectivity index (χ2n) is 8.98. The van der Waals surface area contributed by atoms with E-state index >= 15 is 0 Å². The predicted octanol–water partition coefficient (Wildman–Crippen LogP) is 1.77. The van der Waals surface area contributed by atoms with Crippen molar-refractivity contribution in [2.24, 2.45) is 0 Å². The first-order valence-electron chi connectivity index (χ1n) is 11.0. The molecule has 0 aromatic carbocycles. The number of nitrogens with one attached hydrogen (secondary N) is 2. The Morgan fingerprint density at radius 3 is 2.39 bits per heavy atom. The molecule has 0 unspecified atom stereocenters. The van der Waals surface area contributed by atoms with Crippen molar-refractivity contribution in [3.05, 3.63) is 35.9 Å². The molecule has 0 spiro atoms. The summed E-state index contributed by atoms with van der Waals surface area (Å²) in [4.78, 5) is 22.6. The van der Waals surface area contributed by atoms with Crippen LogP contribution in [0.4, 0.5) is 0 Å². The third-order valence-corrected chi connectivity index (χ3v) is 4.63. The molecule has 0 fully saturated rings. The van der Waals surface area contributed by atoms with Crippen LogP contribution < -0.4 is 10.6 Å². The normalized spacial score (nSPS) is 12.8. The van der Waals surface area contributed by atoms with E-state index in [-0.39, 0.29) is 18.4 Å². The number of nitrogens with zero attached hydrogens (tertiary/aromatic N) is 3. The van der Waals surface area contributed by atoms with Gasteiger partial charge in [0.2, 0.25) is 5.91 Å². The molecule has 186 valence electrons. The molecule has 2 amide bonds. The average molecular weight is 466 g/mol. The van der Waals surface area contributed by atoms with Crippen molar-refractivity contribution in [1.82, 2.24) is 25.6 Å². The van der Waals surface area contributed by atoms with Crippen molar-refractivity contribution in [3.8, 4) is 0 Å². The van der Waals surface area contributed by atoms with Crippen LogP contribution in [0.25, 0.3) is 0 Å². The Labute approximate surface area is 196 Å². The van der Waals surface area contributed by atoms with Crippen molar-refractivity contribution < 1.29 is 23.8 Å². The number of likely N-dealkylation sites (N-methyl/N-ethyl adjacent to an activating group) is 1. The molecule has 1 aromatic rings. The Bertz CT molecular complexity index is 814. The molecular weight excluding hydrogens is 426 g/mol. The van der Waals surface area contributed by atoms with Gasteiger partial charge >= 0.3 is 0 Å². The van der Waals surface area contributed by atoms with Crippen LogP contribution in [0.2, 0.25) is 0 Å². The molecule has 10 nitrogen and oxygen atoms in total. The maximum Gasteiger partial charge on any atom is 0.257 e. The highest BCUT2D eigenvalue weighted by atomic mass is 16.5. The van der Waals surface area contributed by atoms with Gasteiger partial charge in [0.15, 0.2) is 6.61 Å². The van der Waals surface area contributed by atoms with Crippen molar-refractivity contribution in [2.75, 3.05) is 33.9 Å². The second-order valence-corrected chi connectivity index (χ2v) is 8.98. The molecule has 10 heteroatoms. The fraction of sp³-hybridized carbons (Fsp3) is 0.652. The lowest BCUT2D eigenvalue weighted by Crippen LogP contribution is -2.33. The molecule has 0 saturated carbocycles. The largest absolute Gasteiger partial charge is 0.492 e. The molecule has 0 aliphatic heterocycles. The van der Waals surface area contributed by atoms with Crippen LogP contribution in [0, 0.1) is 0 Å². The summed E-state index contributed by atoms with van der Waals surface area (Å²) in [7, 11) is 3.17. The van der Waals surface area contributed by atoms with Crippen molar-refractivity contribution >= 4 is 11.8 Å². The number of allylic oxidation sites excluding steroid dienone is 1. The maximum atomic E-state index is 11.5. The molecule has 1 rings (SSSR count). The Hall–Kier alpha value is -2.72. The number of rotatable bonds is 15. The van der Waals surface area contributed by atoms with E-state index in [0.29, 0.717) is 32.6 Å². The summed E-state index contributed by atoms with van der Waals surface area (Å²) in [5.41, 5.74) is 0.935. The first-order chi connectivity index (χ1) is 15.5. The zero-order valence-electron chi connectivity index (χ0n) is 20.9. The minimum Gasteiger partial charge on any atom is -0.492 e. The van der Waals surface area contributed by atoms with Gasteiger partial charge in [-0.25, -0.2) is 4.68 Å². The summed E-state index contributed by atoms with van der Waals surface area (Å²) in [5.74, 6) is -0.237. The number of carbonyl (C=O) groups is 2. The van der Waals surface area contributed by atoms with E-state index in [9.17, 15) is 9.59 Å². The van der Waals surface area contributed by atoms with Crippen molar-refractivity contribution in [2.45, 2.75) is 65.2 Å². The van der Waals surface area contributed by atoms with E-state index in [4.69, 9.17) is 14.2 Å². The second kappa shape index (κ2) is 13.7. The summed E-state index contributed by atoms with van der Waals surface area (Å²) in [6, 6.07) is 0. The Kier molecular flexibility index (Phi) is 11.8. The monoisotopic (exact) mass is 465 g/mol. The van der Waals surface area contributed by atoms with E-state index in [1.165, 1.54) is 6.26 Å². The van der Waals surface area contributed by atoms with Crippen LogP contribution in [-0.2, 0) is 36.8 Å². The lowest BCUT2D eigenvalue weighted by molar-refractivity contribution is -0.126. The summed E-state index contributed by atoms with van der Waals surface area (Å²) in [6.45, 7) is 11.1. The van der Waals surface area contributed by atoms with Crippen LogP contribution in [-0.4, -0.2) is 71.9 Å². The van der Waals surface area contributed by atoms with E-state index in [0.717, 1.165) is 11.3 Å². The molecule has 0 bridgehead atoms. The molecule has 1 aromatic heterocycles. The van der Waals surface area contributed by atoms with Gasteiger partial charge in [-0.1, -0.05) is 16.9 Å². The molecule has 2 N–H and O–H groups in total. The summed E-state index contributed by atoms with van der Waals surface area (Å²) in [6.07, 6.45) is 7.96. The number of hydrogen-bond donors (Lipinski definition) is 2. The number of amides is 2. The average Bonchev–Trinajstić information content (AvgIpc) is 3.15. The molecular formula is C23H39N5O5. The summed E-state index contributed by atoms with van der Waals surface area (Å²) in [5, 5.41) is 13.5. The number of aromatic nitrogens is 3. The predicted molar refractivity (Wildman–Crippen MR) is 125 cm³/mol. The first-order valence-corrected chi connectivity index (χ1v) is 11.0. The van der Waals surface area contributed by atoms with Gasteiger partial charge in [-0.05, 0) is 40.7 Å². The molecule has 0 saturated heterocycles. The van der Waals surface area contributed by atoms with Gasteiger partial charge in [0, 0.05) is 26.7 Å². The van der Waals surface area contributed by atoms with E-state index < -0.39 is 11.2 Å². The SMILES string of the molecule is CNC(=O)COC=CCOC(C)(C)Cc1cn(C/C(C)=C/COC(C)(C)CC(=O)NC)nn1. The van der Waals surface area contributed by atoms with Crippen molar-refractivity contribution in [1.29, 1.82) is 0 Å². The Morgan fingerprint density at radius 2 is 1.73 bits per heavy atom. The molecule has 0 atom stereocenters. The molecule has 0 aliphatic rings. The van der Waals surface area contributed by atoms with Gasteiger partial charge in [0.05, 0.1) is 49.3 Å². The fourth-order valence-electron chi connectivity index (χ4n) is 2.82. The molecule has 33 heavy (non-hydrogen) atoms. The first kappa shape index (κ1) is 28.3. The number of ether oxygens (including phenoxy) is 3.